The Morgan fingerprint density at radius 1 is 1.10 bits per heavy atom. The van der Waals surface area contributed by atoms with Gasteiger partial charge in [-0.3, -0.25) is 4.79 Å². The second kappa shape index (κ2) is 8.05. The lowest BCUT2D eigenvalue weighted by atomic mass is 9.89. The maximum atomic E-state index is 10.4. The first-order chi connectivity index (χ1) is 9.75. The molecule has 0 aromatic heterocycles. The van der Waals surface area contributed by atoms with Crippen LogP contribution in [0, 0.1) is 0 Å². The fourth-order valence-corrected chi connectivity index (χ4v) is 3.00. The Morgan fingerprint density at radius 2 is 1.80 bits per heavy atom. The Labute approximate surface area is 121 Å². The van der Waals surface area contributed by atoms with Crippen LogP contribution < -0.4 is 0 Å². The third-order valence-electron chi connectivity index (χ3n) is 4.22. The molecular formula is C17H25NO2. The fourth-order valence-electron chi connectivity index (χ4n) is 3.00. The van der Waals surface area contributed by atoms with Crippen LogP contribution in [0.1, 0.15) is 50.0 Å². The molecule has 0 amide bonds. The standard InChI is InChI=1S/C17H25NO2/c19-17(20)9-5-2-6-12-18-13-10-16(11-14-18)15-7-3-1-4-8-15/h1,3-4,7-8,16H,2,5-6,9-14H2,(H,19,20). The van der Waals surface area contributed by atoms with E-state index in [1.807, 2.05) is 0 Å². The summed E-state index contributed by atoms with van der Waals surface area (Å²) in [5, 5.41) is 8.59. The molecule has 3 nitrogen and oxygen atoms in total. The minimum atomic E-state index is -0.673. The third kappa shape index (κ3) is 4.97. The van der Waals surface area contributed by atoms with Crippen LogP contribution in [-0.4, -0.2) is 35.6 Å². The molecule has 1 aromatic carbocycles. The van der Waals surface area contributed by atoms with E-state index < -0.39 is 5.97 Å². The highest BCUT2D eigenvalue weighted by Crippen LogP contribution is 2.27. The van der Waals surface area contributed by atoms with Gasteiger partial charge in [-0.2, -0.15) is 0 Å². The van der Waals surface area contributed by atoms with Gasteiger partial charge in [0.25, 0.3) is 0 Å². The summed E-state index contributed by atoms with van der Waals surface area (Å²) in [6.45, 7) is 3.48. The van der Waals surface area contributed by atoms with Crippen molar-refractivity contribution in [1.82, 2.24) is 4.90 Å². The van der Waals surface area contributed by atoms with Crippen molar-refractivity contribution in [3.8, 4) is 0 Å². The number of carboxylic acid groups (broad SMARTS) is 1. The van der Waals surface area contributed by atoms with Gasteiger partial charge in [-0.1, -0.05) is 36.8 Å². The van der Waals surface area contributed by atoms with Gasteiger partial charge in [0.1, 0.15) is 0 Å². The van der Waals surface area contributed by atoms with E-state index in [4.69, 9.17) is 5.11 Å². The normalized spacial score (nSPS) is 17.2. The van der Waals surface area contributed by atoms with E-state index in [0.717, 1.165) is 31.7 Å². The molecule has 1 saturated heterocycles. The molecule has 1 fully saturated rings. The van der Waals surface area contributed by atoms with Crippen molar-refractivity contribution >= 4 is 5.97 Å². The Balaban J connectivity index is 1.61. The highest BCUT2D eigenvalue weighted by Gasteiger charge is 2.19. The van der Waals surface area contributed by atoms with E-state index in [2.05, 4.69) is 35.2 Å². The number of hydrogen-bond acceptors (Lipinski definition) is 2. The number of unbranched alkanes of at least 4 members (excludes halogenated alkanes) is 2. The zero-order valence-corrected chi connectivity index (χ0v) is 12.1. The number of piperidine rings is 1. The summed E-state index contributed by atoms with van der Waals surface area (Å²) in [5.74, 6) is 0.0492. The topological polar surface area (TPSA) is 40.5 Å². The molecule has 0 spiro atoms. The van der Waals surface area contributed by atoms with Gasteiger partial charge < -0.3 is 10.0 Å². The van der Waals surface area contributed by atoms with Gasteiger partial charge in [-0.25, -0.2) is 0 Å². The molecule has 1 aliphatic heterocycles. The van der Waals surface area contributed by atoms with E-state index >= 15 is 0 Å². The zero-order valence-electron chi connectivity index (χ0n) is 12.1. The molecule has 20 heavy (non-hydrogen) atoms. The predicted molar refractivity (Wildman–Crippen MR) is 81.0 cm³/mol. The molecule has 1 aliphatic rings. The smallest absolute Gasteiger partial charge is 0.303 e. The predicted octanol–water partition coefficient (Wildman–Crippen LogP) is 3.51. The van der Waals surface area contributed by atoms with E-state index in [1.165, 1.54) is 31.5 Å². The van der Waals surface area contributed by atoms with E-state index in [0.29, 0.717) is 6.42 Å². The van der Waals surface area contributed by atoms with Gasteiger partial charge in [-0.05, 0) is 56.8 Å². The number of nitrogens with zero attached hydrogens (tertiary/aromatic N) is 1. The number of aliphatic carboxylic acids is 1. The first-order valence-electron chi connectivity index (χ1n) is 7.75. The maximum absolute atomic E-state index is 10.4. The highest BCUT2D eigenvalue weighted by atomic mass is 16.4. The second-order valence-corrected chi connectivity index (χ2v) is 5.73. The highest BCUT2D eigenvalue weighted by molar-refractivity contribution is 5.66. The van der Waals surface area contributed by atoms with Crippen LogP contribution in [0.4, 0.5) is 0 Å². The van der Waals surface area contributed by atoms with Gasteiger partial charge in [0.05, 0.1) is 0 Å². The Bertz CT molecular complexity index is 397. The largest absolute Gasteiger partial charge is 0.481 e. The van der Waals surface area contributed by atoms with Gasteiger partial charge in [0.15, 0.2) is 0 Å². The average molecular weight is 275 g/mol. The Morgan fingerprint density at radius 3 is 2.45 bits per heavy atom. The summed E-state index contributed by atoms with van der Waals surface area (Å²) < 4.78 is 0. The molecule has 0 aliphatic carbocycles. The lowest BCUT2D eigenvalue weighted by Crippen LogP contribution is -2.33. The molecule has 1 aromatic rings. The number of hydrogen-bond donors (Lipinski definition) is 1. The Hall–Kier alpha value is -1.35. The number of likely N-dealkylation sites (tertiary alicyclic amines) is 1. The summed E-state index contributed by atoms with van der Waals surface area (Å²) in [6, 6.07) is 10.8. The van der Waals surface area contributed by atoms with Crippen molar-refractivity contribution in [3.63, 3.8) is 0 Å². The van der Waals surface area contributed by atoms with Crippen LogP contribution in [0.3, 0.4) is 0 Å². The minimum Gasteiger partial charge on any atom is -0.481 e. The van der Waals surface area contributed by atoms with E-state index in [-0.39, 0.29) is 0 Å². The van der Waals surface area contributed by atoms with Crippen molar-refractivity contribution in [2.45, 2.75) is 44.4 Å². The number of carbonyl (C=O) groups is 1. The molecular weight excluding hydrogens is 250 g/mol. The van der Waals surface area contributed by atoms with E-state index in [1.54, 1.807) is 0 Å². The monoisotopic (exact) mass is 275 g/mol. The van der Waals surface area contributed by atoms with Crippen LogP contribution in [0.15, 0.2) is 30.3 Å². The molecule has 0 atom stereocenters. The molecule has 0 radical (unpaired) electrons. The fraction of sp³-hybridized carbons (Fsp3) is 0.588. The molecule has 0 saturated carbocycles. The lowest BCUT2D eigenvalue weighted by molar-refractivity contribution is -0.137. The third-order valence-corrected chi connectivity index (χ3v) is 4.22. The van der Waals surface area contributed by atoms with Crippen molar-refractivity contribution in [2.75, 3.05) is 19.6 Å². The quantitative estimate of drug-likeness (QED) is 0.774. The van der Waals surface area contributed by atoms with Gasteiger partial charge in [0, 0.05) is 6.42 Å². The van der Waals surface area contributed by atoms with Crippen molar-refractivity contribution < 1.29 is 9.90 Å². The summed E-state index contributed by atoms with van der Waals surface area (Å²) >= 11 is 0. The van der Waals surface area contributed by atoms with Crippen LogP contribution >= 0.6 is 0 Å². The molecule has 3 heteroatoms. The van der Waals surface area contributed by atoms with Gasteiger partial charge >= 0.3 is 5.97 Å². The number of rotatable bonds is 7. The van der Waals surface area contributed by atoms with Gasteiger partial charge in [0.2, 0.25) is 0 Å². The Kier molecular flexibility index (Phi) is 6.06. The van der Waals surface area contributed by atoms with Crippen LogP contribution in [-0.2, 0) is 4.79 Å². The van der Waals surface area contributed by atoms with Crippen molar-refractivity contribution in [2.24, 2.45) is 0 Å². The van der Waals surface area contributed by atoms with Crippen LogP contribution in [0.5, 0.6) is 0 Å². The number of benzene rings is 1. The molecule has 1 N–H and O–H groups in total. The van der Waals surface area contributed by atoms with Crippen molar-refractivity contribution in [3.05, 3.63) is 35.9 Å². The lowest BCUT2D eigenvalue weighted by Gasteiger charge is -2.32. The molecule has 110 valence electrons. The number of carboxylic acids is 1. The van der Waals surface area contributed by atoms with Crippen LogP contribution in [0.2, 0.25) is 0 Å². The van der Waals surface area contributed by atoms with E-state index in [9.17, 15) is 4.79 Å². The summed E-state index contributed by atoms with van der Waals surface area (Å²) in [7, 11) is 0. The first kappa shape index (κ1) is 15.0. The van der Waals surface area contributed by atoms with Crippen LogP contribution in [0.25, 0.3) is 0 Å². The minimum absolute atomic E-state index is 0.316. The summed E-state index contributed by atoms with van der Waals surface area (Å²) in [4.78, 5) is 13.0. The average Bonchev–Trinajstić information content (AvgIpc) is 2.48. The SMILES string of the molecule is O=C(O)CCCCCN1CCC(c2ccccc2)CC1. The first-order valence-corrected chi connectivity index (χ1v) is 7.75. The molecule has 1 heterocycles. The molecule has 0 bridgehead atoms. The second-order valence-electron chi connectivity index (χ2n) is 5.73. The molecule has 0 unspecified atom stereocenters. The van der Waals surface area contributed by atoms with Crippen molar-refractivity contribution in [1.29, 1.82) is 0 Å². The molecule has 2 rings (SSSR count). The summed E-state index contributed by atoms with van der Waals surface area (Å²) in [6.07, 6.45) is 5.79. The maximum Gasteiger partial charge on any atom is 0.303 e. The zero-order chi connectivity index (χ0) is 14.2. The summed E-state index contributed by atoms with van der Waals surface area (Å²) in [5.41, 5.74) is 1.48. The van der Waals surface area contributed by atoms with Gasteiger partial charge in [-0.15, -0.1) is 0 Å².